The standard InChI is InChI=1S/C11H16OS/c1-12-8-5-9-13-10-11-6-3-2-4-7-11/h2-4,6-7H,5,8-10H2,1H3. The summed E-state index contributed by atoms with van der Waals surface area (Å²) >= 11 is 1.97. The van der Waals surface area contributed by atoms with Crippen molar-refractivity contribution in [3.8, 4) is 0 Å². The topological polar surface area (TPSA) is 9.23 Å². The van der Waals surface area contributed by atoms with E-state index < -0.39 is 0 Å². The van der Waals surface area contributed by atoms with E-state index >= 15 is 0 Å². The molecule has 13 heavy (non-hydrogen) atoms. The average Bonchev–Trinajstić information content (AvgIpc) is 2.19. The van der Waals surface area contributed by atoms with Gasteiger partial charge in [0.2, 0.25) is 0 Å². The molecule has 0 spiro atoms. The van der Waals surface area contributed by atoms with E-state index in [2.05, 4.69) is 30.3 Å². The molecule has 0 aromatic heterocycles. The van der Waals surface area contributed by atoms with Gasteiger partial charge in [-0.2, -0.15) is 11.8 Å². The highest BCUT2D eigenvalue weighted by atomic mass is 32.2. The van der Waals surface area contributed by atoms with Gasteiger partial charge in [-0.05, 0) is 17.7 Å². The number of ether oxygens (including phenoxy) is 1. The van der Waals surface area contributed by atoms with Gasteiger partial charge in [0.15, 0.2) is 0 Å². The highest BCUT2D eigenvalue weighted by Gasteiger charge is 1.91. The predicted octanol–water partition coefficient (Wildman–Crippen LogP) is 2.96. The van der Waals surface area contributed by atoms with E-state index in [4.69, 9.17) is 4.74 Å². The molecule has 0 bridgehead atoms. The van der Waals surface area contributed by atoms with Crippen molar-refractivity contribution in [2.24, 2.45) is 0 Å². The molecule has 72 valence electrons. The molecule has 0 radical (unpaired) electrons. The summed E-state index contributed by atoms with van der Waals surface area (Å²) in [4.78, 5) is 0. The van der Waals surface area contributed by atoms with E-state index in [0.29, 0.717) is 0 Å². The second kappa shape index (κ2) is 6.98. The summed E-state index contributed by atoms with van der Waals surface area (Å²) in [7, 11) is 1.75. The predicted molar refractivity (Wildman–Crippen MR) is 59.1 cm³/mol. The minimum atomic E-state index is 0.877. The maximum absolute atomic E-state index is 4.98. The molecule has 0 saturated heterocycles. The number of rotatable bonds is 6. The van der Waals surface area contributed by atoms with E-state index in [9.17, 15) is 0 Å². The van der Waals surface area contributed by atoms with Crippen LogP contribution < -0.4 is 0 Å². The van der Waals surface area contributed by atoms with Crippen molar-refractivity contribution in [1.82, 2.24) is 0 Å². The molecule has 1 aromatic rings. The SMILES string of the molecule is COCCCSCc1ccccc1. The first-order valence-electron chi connectivity index (χ1n) is 4.54. The van der Waals surface area contributed by atoms with Crippen LogP contribution in [0.25, 0.3) is 0 Å². The lowest BCUT2D eigenvalue weighted by molar-refractivity contribution is 0.200. The largest absolute Gasteiger partial charge is 0.385 e. The smallest absolute Gasteiger partial charge is 0.0470 e. The molecule has 0 fully saturated rings. The van der Waals surface area contributed by atoms with Crippen LogP contribution >= 0.6 is 11.8 Å². The van der Waals surface area contributed by atoms with Gasteiger partial charge in [0.1, 0.15) is 0 Å². The molecule has 0 aliphatic carbocycles. The van der Waals surface area contributed by atoms with Gasteiger partial charge in [-0.1, -0.05) is 30.3 Å². The molecule has 0 aliphatic rings. The van der Waals surface area contributed by atoms with Gasteiger partial charge >= 0.3 is 0 Å². The lowest BCUT2D eigenvalue weighted by Gasteiger charge is -2.00. The molecule has 0 N–H and O–H groups in total. The highest BCUT2D eigenvalue weighted by Crippen LogP contribution is 2.12. The maximum Gasteiger partial charge on any atom is 0.0470 e. The normalized spacial score (nSPS) is 10.2. The van der Waals surface area contributed by atoms with E-state index in [0.717, 1.165) is 18.8 Å². The lowest BCUT2D eigenvalue weighted by Crippen LogP contribution is -1.90. The van der Waals surface area contributed by atoms with Crippen molar-refractivity contribution in [3.05, 3.63) is 35.9 Å². The molecule has 0 heterocycles. The van der Waals surface area contributed by atoms with Crippen molar-refractivity contribution < 1.29 is 4.74 Å². The summed E-state index contributed by atoms with van der Waals surface area (Å²) in [5, 5.41) is 0. The Morgan fingerprint density at radius 3 is 2.69 bits per heavy atom. The summed E-state index contributed by atoms with van der Waals surface area (Å²) in [6, 6.07) is 10.6. The summed E-state index contributed by atoms with van der Waals surface area (Å²) in [6.45, 7) is 0.877. The first kappa shape index (κ1) is 10.6. The first-order chi connectivity index (χ1) is 6.43. The fourth-order valence-electron chi connectivity index (χ4n) is 1.07. The molecule has 2 heteroatoms. The maximum atomic E-state index is 4.98. The van der Waals surface area contributed by atoms with Gasteiger partial charge in [0.25, 0.3) is 0 Å². The summed E-state index contributed by atoms with van der Waals surface area (Å²) in [5.41, 5.74) is 1.41. The fraction of sp³-hybridized carbons (Fsp3) is 0.455. The van der Waals surface area contributed by atoms with Crippen molar-refractivity contribution in [1.29, 1.82) is 0 Å². The molecule has 1 aromatic carbocycles. The monoisotopic (exact) mass is 196 g/mol. The molecule has 0 saturated carbocycles. The Kier molecular flexibility index (Phi) is 5.70. The van der Waals surface area contributed by atoms with Crippen LogP contribution in [0.3, 0.4) is 0 Å². The number of thioether (sulfide) groups is 1. The Morgan fingerprint density at radius 2 is 2.00 bits per heavy atom. The summed E-state index contributed by atoms with van der Waals surface area (Å²) < 4.78 is 4.98. The van der Waals surface area contributed by atoms with E-state index in [-0.39, 0.29) is 0 Å². The zero-order valence-electron chi connectivity index (χ0n) is 8.03. The van der Waals surface area contributed by atoms with Gasteiger partial charge in [0.05, 0.1) is 0 Å². The van der Waals surface area contributed by atoms with E-state index in [1.165, 1.54) is 11.3 Å². The van der Waals surface area contributed by atoms with Gasteiger partial charge in [-0.15, -0.1) is 0 Å². The second-order valence-electron chi connectivity index (χ2n) is 2.88. The number of hydrogen-bond acceptors (Lipinski definition) is 2. The molecule has 0 unspecified atom stereocenters. The van der Waals surface area contributed by atoms with Gasteiger partial charge in [-0.25, -0.2) is 0 Å². The molecule has 0 aliphatic heterocycles. The zero-order chi connectivity index (χ0) is 9.36. The molecular weight excluding hydrogens is 180 g/mol. The third-order valence-electron chi connectivity index (χ3n) is 1.75. The van der Waals surface area contributed by atoms with Crippen molar-refractivity contribution in [3.63, 3.8) is 0 Å². The van der Waals surface area contributed by atoms with Crippen LogP contribution in [0.1, 0.15) is 12.0 Å². The van der Waals surface area contributed by atoms with E-state index in [1.807, 2.05) is 11.8 Å². The van der Waals surface area contributed by atoms with E-state index in [1.54, 1.807) is 7.11 Å². The summed E-state index contributed by atoms with van der Waals surface area (Å²) in [6.07, 6.45) is 1.15. The molecule has 0 atom stereocenters. The van der Waals surface area contributed by atoms with Crippen LogP contribution in [0.2, 0.25) is 0 Å². The minimum absolute atomic E-state index is 0.877. The highest BCUT2D eigenvalue weighted by molar-refractivity contribution is 7.98. The summed E-state index contributed by atoms with van der Waals surface area (Å²) in [5.74, 6) is 2.30. The second-order valence-corrected chi connectivity index (χ2v) is 3.99. The van der Waals surface area contributed by atoms with Crippen LogP contribution in [0, 0.1) is 0 Å². The third-order valence-corrected chi connectivity index (χ3v) is 2.86. The first-order valence-corrected chi connectivity index (χ1v) is 5.69. The molecular formula is C11H16OS. The zero-order valence-corrected chi connectivity index (χ0v) is 8.85. The third kappa shape index (κ3) is 4.96. The molecule has 0 amide bonds. The van der Waals surface area contributed by atoms with Crippen LogP contribution in [-0.2, 0) is 10.5 Å². The fourth-order valence-corrected chi connectivity index (χ4v) is 1.96. The average molecular weight is 196 g/mol. The Bertz CT molecular complexity index is 211. The van der Waals surface area contributed by atoms with Crippen LogP contribution in [0.5, 0.6) is 0 Å². The van der Waals surface area contributed by atoms with Gasteiger partial charge in [0, 0.05) is 19.5 Å². The number of benzene rings is 1. The Balaban J connectivity index is 2.07. The van der Waals surface area contributed by atoms with Crippen LogP contribution in [-0.4, -0.2) is 19.5 Å². The molecule has 1 nitrogen and oxygen atoms in total. The van der Waals surface area contributed by atoms with Crippen LogP contribution in [0.15, 0.2) is 30.3 Å². The number of methoxy groups -OCH3 is 1. The Labute approximate surface area is 84.5 Å². The van der Waals surface area contributed by atoms with Gasteiger partial charge in [-0.3, -0.25) is 0 Å². The lowest BCUT2D eigenvalue weighted by atomic mass is 10.2. The molecule has 1 rings (SSSR count). The van der Waals surface area contributed by atoms with Crippen molar-refractivity contribution in [2.75, 3.05) is 19.5 Å². The van der Waals surface area contributed by atoms with Gasteiger partial charge < -0.3 is 4.74 Å². The quantitative estimate of drug-likeness (QED) is 0.647. The van der Waals surface area contributed by atoms with Crippen LogP contribution in [0.4, 0.5) is 0 Å². The minimum Gasteiger partial charge on any atom is -0.385 e. The van der Waals surface area contributed by atoms with Crippen molar-refractivity contribution >= 4 is 11.8 Å². The van der Waals surface area contributed by atoms with Crippen molar-refractivity contribution in [2.45, 2.75) is 12.2 Å². The Morgan fingerprint density at radius 1 is 1.23 bits per heavy atom. The number of hydrogen-bond donors (Lipinski definition) is 0. The Hall–Kier alpha value is -0.470.